The molecule has 0 aliphatic rings. The van der Waals surface area contributed by atoms with Crippen molar-refractivity contribution in [2.75, 3.05) is 5.32 Å². The van der Waals surface area contributed by atoms with Gasteiger partial charge in [0.25, 0.3) is 0 Å². The third-order valence-corrected chi connectivity index (χ3v) is 3.27. The van der Waals surface area contributed by atoms with Gasteiger partial charge in [0.05, 0.1) is 5.69 Å². The van der Waals surface area contributed by atoms with Gasteiger partial charge in [-0.3, -0.25) is 9.59 Å². The van der Waals surface area contributed by atoms with Gasteiger partial charge in [-0.1, -0.05) is 44.2 Å². The molecule has 0 bridgehead atoms. The maximum absolute atomic E-state index is 12.6. The Morgan fingerprint density at radius 2 is 1.73 bits per heavy atom. The summed E-state index contributed by atoms with van der Waals surface area (Å²) in [4.78, 5) is 33.0. The van der Waals surface area contributed by atoms with Crippen LogP contribution in [0.15, 0.2) is 35.1 Å². The molecule has 1 amide bonds. The van der Waals surface area contributed by atoms with Crippen LogP contribution in [0.5, 0.6) is 0 Å². The quantitative estimate of drug-likeness (QED) is 0.945. The highest BCUT2D eigenvalue weighted by molar-refractivity contribution is 5.91. The van der Waals surface area contributed by atoms with Crippen LogP contribution in [0.25, 0.3) is 11.3 Å². The maximum atomic E-state index is 12.6. The average molecular weight is 297 g/mol. The van der Waals surface area contributed by atoms with Gasteiger partial charge in [0, 0.05) is 17.0 Å². The van der Waals surface area contributed by atoms with E-state index in [1.807, 2.05) is 30.3 Å². The van der Waals surface area contributed by atoms with Crippen LogP contribution in [0.3, 0.4) is 0 Å². The van der Waals surface area contributed by atoms with E-state index >= 15 is 0 Å². The smallest absolute Gasteiger partial charge is 0.228 e. The number of carbonyl (C=O) groups excluding carboxylic acids is 1. The van der Waals surface area contributed by atoms with Crippen LogP contribution in [-0.4, -0.2) is 15.9 Å². The van der Waals surface area contributed by atoms with Crippen molar-refractivity contribution in [1.29, 1.82) is 0 Å². The second kappa shape index (κ2) is 6.47. The molecule has 5 heteroatoms. The molecule has 0 radical (unpaired) electrons. The minimum absolute atomic E-state index is 0.0309. The Morgan fingerprint density at radius 3 is 2.32 bits per heavy atom. The summed E-state index contributed by atoms with van der Waals surface area (Å²) in [6.45, 7) is 6.92. The van der Waals surface area contributed by atoms with Crippen molar-refractivity contribution < 1.29 is 4.79 Å². The number of hydrogen-bond acceptors (Lipinski definition) is 4. The molecule has 0 aliphatic carbocycles. The Hall–Kier alpha value is -2.56. The van der Waals surface area contributed by atoms with Crippen molar-refractivity contribution >= 4 is 11.7 Å². The molecule has 0 saturated carbocycles. The zero-order valence-electron chi connectivity index (χ0n) is 13.2. The molecule has 2 aromatic rings. The Balaban J connectivity index is 2.61. The lowest BCUT2D eigenvalue weighted by molar-refractivity contribution is -0.118. The molecule has 1 aromatic heterocycles. The molecule has 2 rings (SSSR count). The first-order chi connectivity index (χ1) is 10.4. The van der Waals surface area contributed by atoms with Crippen molar-refractivity contribution in [2.24, 2.45) is 5.92 Å². The standard InChI is InChI=1S/C17H19N3O2/c1-10(2)17(22)20-16-15(21)11(3)14(18-12(4)19-16)13-8-6-5-7-9-13/h5-10H,1-4H3,(H,18,19,20,21,22). The second-order valence-corrected chi connectivity index (χ2v) is 5.43. The molecule has 0 spiro atoms. The largest absolute Gasteiger partial charge is 0.307 e. The van der Waals surface area contributed by atoms with Crippen molar-refractivity contribution in [3.8, 4) is 11.3 Å². The van der Waals surface area contributed by atoms with Crippen molar-refractivity contribution in [3.05, 3.63) is 51.9 Å². The van der Waals surface area contributed by atoms with E-state index in [9.17, 15) is 9.59 Å². The van der Waals surface area contributed by atoms with Crippen molar-refractivity contribution in [2.45, 2.75) is 27.7 Å². The third-order valence-electron chi connectivity index (χ3n) is 3.27. The molecular weight excluding hydrogens is 278 g/mol. The molecule has 0 unspecified atom stereocenters. The SMILES string of the molecule is Cc1nc(-c2ccccc2)c(C)c(=O)c(NC(=O)C(C)C)n1. The van der Waals surface area contributed by atoms with Crippen LogP contribution < -0.4 is 10.7 Å². The van der Waals surface area contributed by atoms with Crippen LogP contribution in [0, 0.1) is 19.8 Å². The van der Waals surface area contributed by atoms with Gasteiger partial charge in [0.15, 0.2) is 5.82 Å². The van der Waals surface area contributed by atoms with Gasteiger partial charge in [-0.15, -0.1) is 0 Å². The molecule has 1 heterocycles. The Bertz CT molecular complexity index is 756. The molecule has 22 heavy (non-hydrogen) atoms. The topological polar surface area (TPSA) is 72.0 Å². The highest BCUT2D eigenvalue weighted by atomic mass is 16.2. The van der Waals surface area contributed by atoms with Gasteiger partial charge in [-0.2, -0.15) is 0 Å². The van der Waals surface area contributed by atoms with Crippen LogP contribution in [0.1, 0.15) is 25.2 Å². The second-order valence-electron chi connectivity index (χ2n) is 5.43. The minimum atomic E-state index is -0.312. The lowest BCUT2D eigenvalue weighted by Crippen LogP contribution is -2.23. The normalized spacial score (nSPS) is 10.6. The highest BCUT2D eigenvalue weighted by Gasteiger charge is 2.14. The maximum Gasteiger partial charge on any atom is 0.228 e. The van der Waals surface area contributed by atoms with E-state index in [-0.39, 0.29) is 23.1 Å². The monoisotopic (exact) mass is 297 g/mol. The predicted octanol–water partition coefficient (Wildman–Crippen LogP) is 2.72. The number of nitrogens with zero attached hydrogens (tertiary/aromatic N) is 2. The summed E-state index contributed by atoms with van der Waals surface area (Å²) in [5.74, 6) is -0.00349. The lowest BCUT2D eigenvalue weighted by atomic mass is 10.1. The highest BCUT2D eigenvalue weighted by Crippen LogP contribution is 2.18. The number of hydrogen-bond donors (Lipinski definition) is 1. The number of aryl methyl sites for hydroxylation is 1. The summed E-state index contributed by atoms with van der Waals surface area (Å²) in [7, 11) is 0. The minimum Gasteiger partial charge on any atom is -0.307 e. The number of benzene rings is 1. The van der Waals surface area contributed by atoms with Gasteiger partial charge in [-0.05, 0) is 13.8 Å². The molecule has 0 fully saturated rings. The van der Waals surface area contributed by atoms with E-state index in [0.29, 0.717) is 17.1 Å². The Labute approximate surface area is 129 Å². The molecule has 0 aliphatic heterocycles. The summed E-state index contributed by atoms with van der Waals surface area (Å²) < 4.78 is 0. The molecule has 114 valence electrons. The molecule has 0 atom stereocenters. The Kier molecular flexibility index (Phi) is 4.65. The predicted molar refractivity (Wildman–Crippen MR) is 86.7 cm³/mol. The first-order valence-electron chi connectivity index (χ1n) is 7.16. The average Bonchev–Trinajstić information content (AvgIpc) is 2.60. The van der Waals surface area contributed by atoms with Crippen molar-refractivity contribution in [3.63, 3.8) is 0 Å². The van der Waals surface area contributed by atoms with Crippen LogP contribution in [-0.2, 0) is 4.79 Å². The summed E-state index contributed by atoms with van der Waals surface area (Å²) >= 11 is 0. The van der Waals surface area contributed by atoms with E-state index in [1.165, 1.54) is 0 Å². The van der Waals surface area contributed by atoms with E-state index < -0.39 is 0 Å². The van der Waals surface area contributed by atoms with E-state index in [4.69, 9.17) is 0 Å². The molecule has 0 saturated heterocycles. The van der Waals surface area contributed by atoms with Gasteiger partial charge in [0.2, 0.25) is 11.3 Å². The molecular formula is C17H19N3O2. The molecule has 5 nitrogen and oxygen atoms in total. The number of carbonyl (C=O) groups is 1. The van der Waals surface area contributed by atoms with E-state index in [1.54, 1.807) is 27.7 Å². The molecule has 1 N–H and O–H groups in total. The van der Waals surface area contributed by atoms with Gasteiger partial charge in [-0.25, -0.2) is 9.97 Å². The van der Waals surface area contributed by atoms with Crippen molar-refractivity contribution in [1.82, 2.24) is 9.97 Å². The third kappa shape index (κ3) is 3.36. The van der Waals surface area contributed by atoms with E-state index in [0.717, 1.165) is 5.56 Å². The first-order valence-corrected chi connectivity index (χ1v) is 7.16. The number of rotatable bonds is 3. The zero-order chi connectivity index (χ0) is 16.3. The number of amides is 1. The summed E-state index contributed by atoms with van der Waals surface area (Å²) in [6, 6.07) is 9.46. The van der Waals surface area contributed by atoms with E-state index in [2.05, 4.69) is 15.3 Å². The number of nitrogens with one attached hydrogen (secondary N) is 1. The number of anilines is 1. The fraction of sp³-hybridized carbons (Fsp3) is 0.294. The Morgan fingerprint density at radius 1 is 1.09 bits per heavy atom. The van der Waals surface area contributed by atoms with Gasteiger partial charge in [0.1, 0.15) is 5.82 Å². The molecule has 1 aromatic carbocycles. The van der Waals surface area contributed by atoms with Crippen LogP contribution in [0.4, 0.5) is 5.82 Å². The first kappa shape index (κ1) is 15.8. The zero-order valence-corrected chi connectivity index (χ0v) is 13.2. The number of aromatic nitrogens is 2. The van der Waals surface area contributed by atoms with Gasteiger partial charge < -0.3 is 5.32 Å². The van der Waals surface area contributed by atoms with Gasteiger partial charge >= 0.3 is 0 Å². The lowest BCUT2D eigenvalue weighted by Gasteiger charge is -2.04. The van der Waals surface area contributed by atoms with Crippen LogP contribution >= 0.6 is 0 Å². The fourth-order valence-corrected chi connectivity index (χ4v) is 1.99. The summed E-state index contributed by atoms with van der Waals surface area (Å²) in [5, 5.41) is 2.59. The van der Waals surface area contributed by atoms with Crippen LogP contribution in [0.2, 0.25) is 0 Å². The summed E-state index contributed by atoms with van der Waals surface area (Å²) in [5.41, 5.74) is 1.58. The summed E-state index contributed by atoms with van der Waals surface area (Å²) in [6.07, 6.45) is 0. The fourth-order valence-electron chi connectivity index (χ4n) is 1.99.